The molecule has 1 aromatic carbocycles. The predicted molar refractivity (Wildman–Crippen MR) is 69.2 cm³/mol. The van der Waals surface area contributed by atoms with Crippen molar-refractivity contribution in [3.63, 3.8) is 0 Å². The third kappa shape index (κ3) is 2.61. The zero-order valence-electron chi connectivity index (χ0n) is 10.1. The van der Waals surface area contributed by atoms with Crippen LogP contribution in [0.3, 0.4) is 0 Å². The molecule has 1 aliphatic rings. The predicted octanol–water partition coefficient (Wildman–Crippen LogP) is 3.08. The van der Waals surface area contributed by atoms with Gasteiger partial charge in [0.05, 0.1) is 10.5 Å². The third-order valence-corrected chi connectivity index (χ3v) is 3.04. The zero-order valence-corrected chi connectivity index (χ0v) is 10.8. The lowest BCUT2D eigenvalue weighted by Crippen LogP contribution is -2.17. The maximum atomic E-state index is 10.5. The molecule has 0 aromatic heterocycles. The van der Waals surface area contributed by atoms with Crippen LogP contribution >= 0.6 is 11.6 Å². The van der Waals surface area contributed by atoms with Crippen LogP contribution in [0, 0.1) is 10.1 Å². The van der Waals surface area contributed by atoms with E-state index in [1.54, 1.807) is 12.1 Å². The van der Waals surface area contributed by atoms with Gasteiger partial charge in [-0.2, -0.15) is 0 Å². The average Bonchev–Trinajstić information content (AvgIpc) is 2.69. The molecule has 0 aliphatic carbocycles. The molecule has 6 heteroatoms. The van der Waals surface area contributed by atoms with Crippen molar-refractivity contribution in [3.05, 3.63) is 39.9 Å². The van der Waals surface area contributed by atoms with E-state index in [9.17, 15) is 10.1 Å². The molecule has 96 valence electrons. The summed E-state index contributed by atoms with van der Waals surface area (Å²) in [5.41, 5.74) is 0.513. The van der Waals surface area contributed by atoms with Crippen LogP contribution in [0.25, 0.3) is 0 Å². The molecular formula is C12H13ClN2O3. The van der Waals surface area contributed by atoms with Crippen molar-refractivity contribution in [1.82, 2.24) is 0 Å². The molecule has 0 saturated carbocycles. The lowest BCUT2D eigenvalue weighted by Gasteiger charge is -2.08. The summed E-state index contributed by atoms with van der Waals surface area (Å²) < 4.78 is 5.45. The Morgan fingerprint density at radius 3 is 2.50 bits per heavy atom. The van der Waals surface area contributed by atoms with Crippen molar-refractivity contribution in [2.45, 2.75) is 24.8 Å². The maximum Gasteiger partial charge on any atom is 0.269 e. The highest BCUT2D eigenvalue weighted by Gasteiger charge is 2.30. The van der Waals surface area contributed by atoms with Crippen LogP contribution in [-0.4, -0.2) is 23.0 Å². The lowest BCUT2D eigenvalue weighted by molar-refractivity contribution is -0.384. The maximum absolute atomic E-state index is 10.5. The van der Waals surface area contributed by atoms with Gasteiger partial charge >= 0.3 is 0 Å². The van der Waals surface area contributed by atoms with Gasteiger partial charge in [0.15, 0.2) is 0 Å². The molecule has 0 radical (unpaired) electrons. The first-order valence-corrected chi connectivity index (χ1v) is 5.94. The van der Waals surface area contributed by atoms with Crippen LogP contribution in [0.2, 0.25) is 0 Å². The summed E-state index contributed by atoms with van der Waals surface area (Å²) >= 11 is 6.25. The first kappa shape index (κ1) is 12.8. The first-order chi connectivity index (χ1) is 8.39. The molecule has 0 spiro atoms. The third-order valence-electron chi connectivity index (χ3n) is 2.60. The minimum atomic E-state index is -0.507. The normalized spacial score (nSPS) is 18.9. The summed E-state index contributed by atoms with van der Waals surface area (Å²) in [5.74, 6) is 0.468. The highest BCUT2D eigenvalue weighted by Crippen LogP contribution is 2.30. The quantitative estimate of drug-likeness (QED) is 0.481. The number of ether oxygens (including phenoxy) is 1. The van der Waals surface area contributed by atoms with E-state index in [0.29, 0.717) is 12.5 Å². The molecule has 0 bridgehead atoms. The number of rotatable bonds is 3. The monoisotopic (exact) mass is 268 g/mol. The van der Waals surface area contributed by atoms with E-state index >= 15 is 0 Å². The minimum Gasteiger partial charge on any atom is -0.477 e. The fourth-order valence-corrected chi connectivity index (χ4v) is 1.91. The minimum absolute atomic E-state index is 0.0391. The van der Waals surface area contributed by atoms with Crippen LogP contribution in [-0.2, 0) is 4.74 Å². The Kier molecular flexibility index (Phi) is 3.26. The van der Waals surface area contributed by atoms with Crippen LogP contribution in [0.15, 0.2) is 29.3 Å². The summed E-state index contributed by atoms with van der Waals surface area (Å²) in [7, 11) is 0. The number of halogens is 1. The summed E-state index contributed by atoms with van der Waals surface area (Å²) in [6.45, 7) is 4.41. The number of non-ortho nitro benzene ring substituents is 1. The Morgan fingerprint density at radius 2 is 2.06 bits per heavy atom. The van der Waals surface area contributed by atoms with Crippen molar-refractivity contribution in [3.8, 4) is 0 Å². The van der Waals surface area contributed by atoms with Gasteiger partial charge < -0.3 is 4.74 Å². The molecule has 5 nitrogen and oxygen atoms in total. The van der Waals surface area contributed by atoms with E-state index in [0.717, 1.165) is 5.56 Å². The SMILES string of the molecule is CC1(C)COC(C(Cl)c2ccc([N+](=O)[O-])cc2)=N1. The fraction of sp³-hybridized carbons (Fsp3) is 0.417. The van der Waals surface area contributed by atoms with E-state index in [2.05, 4.69) is 4.99 Å². The number of nitro groups is 1. The van der Waals surface area contributed by atoms with Gasteiger partial charge in [0, 0.05) is 12.1 Å². The Bertz CT molecular complexity index is 497. The largest absolute Gasteiger partial charge is 0.477 e. The van der Waals surface area contributed by atoms with Gasteiger partial charge in [-0.05, 0) is 19.4 Å². The number of aliphatic imine (C=N–C) groups is 1. The van der Waals surface area contributed by atoms with Crippen molar-refractivity contribution in [2.24, 2.45) is 4.99 Å². The molecule has 18 heavy (non-hydrogen) atoms. The van der Waals surface area contributed by atoms with Crippen LogP contribution in [0.5, 0.6) is 0 Å². The Hall–Kier alpha value is -1.62. The molecule has 2 rings (SSSR count). The first-order valence-electron chi connectivity index (χ1n) is 5.50. The number of nitro benzene ring substituents is 1. The van der Waals surface area contributed by atoms with Gasteiger partial charge in [0.25, 0.3) is 5.69 Å². The van der Waals surface area contributed by atoms with E-state index in [1.165, 1.54) is 12.1 Å². The van der Waals surface area contributed by atoms with Gasteiger partial charge in [-0.25, -0.2) is 4.99 Å². The van der Waals surface area contributed by atoms with E-state index in [1.807, 2.05) is 13.8 Å². The summed E-state index contributed by atoms with van der Waals surface area (Å²) in [4.78, 5) is 14.5. The van der Waals surface area contributed by atoms with E-state index in [-0.39, 0.29) is 11.2 Å². The Balaban J connectivity index is 2.19. The van der Waals surface area contributed by atoms with Crippen LogP contribution < -0.4 is 0 Å². The molecule has 0 fully saturated rings. The van der Waals surface area contributed by atoms with Gasteiger partial charge in [-0.3, -0.25) is 10.1 Å². The fourth-order valence-electron chi connectivity index (χ4n) is 1.65. The van der Waals surface area contributed by atoms with Gasteiger partial charge in [-0.1, -0.05) is 12.1 Å². The second-order valence-electron chi connectivity index (χ2n) is 4.76. The molecule has 0 saturated heterocycles. The number of hydrogen-bond acceptors (Lipinski definition) is 4. The molecule has 1 aliphatic heterocycles. The Morgan fingerprint density at radius 1 is 1.44 bits per heavy atom. The number of hydrogen-bond donors (Lipinski definition) is 0. The summed E-state index contributed by atoms with van der Waals surface area (Å²) in [6.07, 6.45) is 0. The average molecular weight is 269 g/mol. The van der Waals surface area contributed by atoms with Crippen molar-refractivity contribution >= 4 is 23.2 Å². The number of nitrogens with zero attached hydrogens (tertiary/aromatic N) is 2. The van der Waals surface area contributed by atoms with Crippen molar-refractivity contribution < 1.29 is 9.66 Å². The second kappa shape index (κ2) is 4.57. The topological polar surface area (TPSA) is 64.7 Å². The van der Waals surface area contributed by atoms with Crippen molar-refractivity contribution in [1.29, 1.82) is 0 Å². The zero-order chi connectivity index (χ0) is 13.3. The molecule has 1 atom stereocenters. The summed E-state index contributed by atoms with van der Waals surface area (Å²) in [6, 6.07) is 6.08. The van der Waals surface area contributed by atoms with Crippen molar-refractivity contribution in [2.75, 3.05) is 6.61 Å². The van der Waals surface area contributed by atoms with Gasteiger partial charge in [0.2, 0.25) is 5.90 Å². The van der Waals surface area contributed by atoms with E-state index in [4.69, 9.17) is 16.3 Å². The highest BCUT2D eigenvalue weighted by atomic mass is 35.5. The standard InChI is InChI=1S/C12H13ClN2O3/c1-12(2)7-18-11(14-12)10(13)8-3-5-9(6-4-8)15(16)17/h3-6,10H,7H2,1-2H3. The highest BCUT2D eigenvalue weighted by molar-refractivity contribution is 6.31. The van der Waals surface area contributed by atoms with Gasteiger partial charge in [-0.15, -0.1) is 11.6 Å². The lowest BCUT2D eigenvalue weighted by atomic mass is 10.1. The van der Waals surface area contributed by atoms with Gasteiger partial charge in [0.1, 0.15) is 12.0 Å². The molecule has 1 unspecified atom stereocenters. The molecule has 0 N–H and O–H groups in total. The Labute approximate surface area is 110 Å². The second-order valence-corrected chi connectivity index (χ2v) is 5.20. The number of benzene rings is 1. The molecule has 1 aromatic rings. The number of alkyl halides is 1. The van der Waals surface area contributed by atoms with E-state index < -0.39 is 10.3 Å². The molecule has 1 heterocycles. The molecular weight excluding hydrogens is 256 g/mol. The molecule has 0 amide bonds. The smallest absolute Gasteiger partial charge is 0.269 e. The summed E-state index contributed by atoms with van der Waals surface area (Å²) in [5, 5.41) is 10.0. The van der Waals surface area contributed by atoms with Crippen LogP contribution in [0.1, 0.15) is 24.8 Å². The van der Waals surface area contributed by atoms with Crippen LogP contribution in [0.4, 0.5) is 5.69 Å².